The fourth-order valence-electron chi connectivity index (χ4n) is 3.86. The fourth-order valence-corrected chi connectivity index (χ4v) is 3.86. The maximum Gasteiger partial charge on any atom is 0.278 e. The van der Waals surface area contributed by atoms with Crippen LogP contribution in [0.1, 0.15) is 40.0 Å². The van der Waals surface area contributed by atoms with Gasteiger partial charge in [0.25, 0.3) is 5.91 Å². The number of nitrogens with zero attached hydrogens (tertiary/aromatic N) is 2. The number of ether oxygens (including phenoxy) is 1. The first-order chi connectivity index (χ1) is 14.1. The lowest BCUT2D eigenvalue weighted by Gasteiger charge is -2.24. The van der Waals surface area contributed by atoms with Crippen LogP contribution in [0.2, 0.25) is 0 Å². The largest absolute Gasteiger partial charge is 0.497 e. The molecule has 1 amide bonds. The first-order valence-electron chi connectivity index (χ1n) is 9.71. The number of methoxy groups -OCH3 is 1. The molecule has 0 radical (unpaired) electrons. The number of fused-ring (bicyclic) bond motifs is 2. The van der Waals surface area contributed by atoms with E-state index in [0.717, 1.165) is 58.3 Å². The molecule has 0 N–H and O–H groups in total. The van der Waals surface area contributed by atoms with Crippen LogP contribution in [0, 0.1) is 0 Å². The highest BCUT2D eigenvalue weighted by atomic mass is 16.7. The summed E-state index contributed by atoms with van der Waals surface area (Å²) in [5.41, 5.74) is 5.67. The van der Waals surface area contributed by atoms with E-state index < -0.39 is 0 Å². The molecule has 0 fully saturated rings. The number of hydrogen-bond donors (Lipinski definition) is 0. The Balaban J connectivity index is 1.90. The van der Waals surface area contributed by atoms with E-state index in [-0.39, 0.29) is 5.91 Å². The van der Waals surface area contributed by atoms with Crippen LogP contribution in [-0.2, 0) is 11.3 Å². The summed E-state index contributed by atoms with van der Waals surface area (Å²) in [6.45, 7) is 0. The molecule has 0 aliphatic heterocycles. The topological polar surface area (TPSA) is 51.7 Å². The molecule has 1 aliphatic carbocycles. The van der Waals surface area contributed by atoms with Gasteiger partial charge in [-0.3, -0.25) is 9.63 Å². The number of benzene rings is 2. The van der Waals surface area contributed by atoms with Crippen molar-refractivity contribution in [2.24, 2.45) is 0 Å². The van der Waals surface area contributed by atoms with Gasteiger partial charge < -0.3 is 4.74 Å². The second-order valence-corrected chi connectivity index (χ2v) is 7.11. The number of amides is 1. The number of allylic oxidation sites excluding steroid dienone is 1. The summed E-state index contributed by atoms with van der Waals surface area (Å²) in [6, 6.07) is 15.8. The highest BCUT2D eigenvalue weighted by Gasteiger charge is 2.26. The molecule has 5 heteroatoms. The summed E-state index contributed by atoms with van der Waals surface area (Å²) in [4.78, 5) is 23.3. The van der Waals surface area contributed by atoms with Crippen LogP contribution in [0.5, 0.6) is 5.75 Å². The van der Waals surface area contributed by atoms with Gasteiger partial charge in [0.1, 0.15) is 5.75 Å². The number of aromatic nitrogens is 1. The van der Waals surface area contributed by atoms with E-state index in [1.165, 1.54) is 12.2 Å². The molecule has 0 saturated heterocycles. The van der Waals surface area contributed by atoms with Crippen molar-refractivity contribution < 1.29 is 14.4 Å². The number of para-hydroxylation sites is 1. The second-order valence-electron chi connectivity index (χ2n) is 7.11. The Morgan fingerprint density at radius 2 is 1.83 bits per heavy atom. The quantitative estimate of drug-likeness (QED) is 0.605. The normalized spacial score (nSPS) is 14.7. The van der Waals surface area contributed by atoms with Crippen molar-refractivity contribution in [1.82, 2.24) is 10.0 Å². The molecule has 3 aromatic rings. The second kappa shape index (κ2) is 8.05. The number of pyridine rings is 1. The molecule has 4 rings (SSSR count). The third-order valence-corrected chi connectivity index (χ3v) is 5.40. The molecule has 0 unspecified atom stereocenters. The lowest BCUT2D eigenvalue weighted by Crippen LogP contribution is -2.28. The lowest BCUT2D eigenvalue weighted by molar-refractivity contribution is -0.0756. The Hall–Kier alpha value is -3.18. The van der Waals surface area contributed by atoms with Crippen molar-refractivity contribution in [2.75, 3.05) is 21.3 Å². The maximum absolute atomic E-state index is 13.1. The minimum Gasteiger partial charge on any atom is -0.497 e. The monoisotopic (exact) mass is 388 g/mol. The minimum atomic E-state index is -0.145. The Morgan fingerprint density at radius 3 is 2.55 bits per heavy atom. The van der Waals surface area contributed by atoms with E-state index >= 15 is 0 Å². The number of carbonyl (C=O) groups is 1. The molecule has 5 nitrogen and oxygen atoms in total. The SMILES string of the molecule is COc1ccc(/C=C2\CCCc3c2nc2ccccc2c3C(=O)N(C)OC)cc1. The fraction of sp³-hybridized carbons (Fsp3) is 0.250. The Labute approximate surface area is 170 Å². The predicted octanol–water partition coefficient (Wildman–Crippen LogP) is 4.75. The highest BCUT2D eigenvalue weighted by molar-refractivity contribution is 6.08. The smallest absolute Gasteiger partial charge is 0.278 e. The molecule has 0 bridgehead atoms. The first kappa shape index (κ1) is 19.2. The van der Waals surface area contributed by atoms with Gasteiger partial charge in [-0.1, -0.05) is 30.3 Å². The zero-order chi connectivity index (χ0) is 20.4. The van der Waals surface area contributed by atoms with E-state index in [9.17, 15) is 4.79 Å². The van der Waals surface area contributed by atoms with E-state index in [1.54, 1.807) is 14.2 Å². The van der Waals surface area contributed by atoms with Crippen LogP contribution in [-0.4, -0.2) is 37.2 Å². The van der Waals surface area contributed by atoms with E-state index in [0.29, 0.717) is 5.56 Å². The van der Waals surface area contributed by atoms with E-state index in [2.05, 4.69) is 6.08 Å². The molecule has 0 spiro atoms. The lowest BCUT2D eigenvalue weighted by atomic mass is 9.85. The summed E-state index contributed by atoms with van der Waals surface area (Å²) >= 11 is 0. The summed E-state index contributed by atoms with van der Waals surface area (Å²) in [5, 5.41) is 2.15. The van der Waals surface area contributed by atoms with Gasteiger partial charge in [-0.05, 0) is 60.2 Å². The molecule has 0 atom stereocenters. The summed E-state index contributed by atoms with van der Waals surface area (Å²) in [5.74, 6) is 0.684. The van der Waals surface area contributed by atoms with Crippen molar-refractivity contribution in [3.63, 3.8) is 0 Å². The number of hydrogen-bond acceptors (Lipinski definition) is 4. The Morgan fingerprint density at radius 1 is 1.07 bits per heavy atom. The number of hydroxylamine groups is 2. The molecular formula is C24H24N2O3. The van der Waals surface area contributed by atoms with E-state index in [4.69, 9.17) is 14.6 Å². The van der Waals surface area contributed by atoms with Gasteiger partial charge in [-0.15, -0.1) is 0 Å². The zero-order valence-corrected chi connectivity index (χ0v) is 16.9. The van der Waals surface area contributed by atoms with Crippen LogP contribution in [0.15, 0.2) is 48.5 Å². The van der Waals surface area contributed by atoms with Crippen molar-refractivity contribution in [2.45, 2.75) is 19.3 Å². The van der Waals surface area contributed by atoms with Gasteiger partial charge in [0.15, 0.2) is 0 Å². The molecular weight excluding hydrogens is 364 g/mol. The summed E-state index contributed by atoms with van der Waals surface area (Å²) in [7, 11) is 4.80. The third-order valence-electron chi connectivity index (χ3n) is 5.40. The Bertz CT molecular complexity index is 1090. The van der Waals surface area contributed by atoms with Crippen LogP contribution in [0.4, 0.5) is 0 Å². The number of carbonyl (C=O) groups excluding carboxylic acids is 1. The molecule has 1 aromatic heterocycles. The molecule has 29 heavy (non-hydrogen) atoms. The van der Waals surface area contributed by atoms with Crippen molar-refractivity contribution in [3.8, 4) is 5.75 Å². The van der Waals surface area contributed by atoms with E-state index in [1.807, 2.05) is 48.5 Å². The molecule has 2 aromatic carbocycles. The maximum atomic E-state index is 13.1. The number of rotatable bonds is 4. The zero-order valence-electron chi connectivity index (χ0n) is 16.9. The van der Waals surface area contributed by atoms with Crippen LogP contribution in [0.3, 0.4) is 0 Å². The molecule has 148 valence electrons. The highest BCUT2D eigenvalue weighted by Crippen LogP contribution is 2.36. The van der Waals surface area contributed by atoms with Crippen molar-refractivity contribution >= 4 is 28.5 Å². The van der Waals surface area contributed by atoms with Crippen molar-refractivity contribution in [1.29, 1.82) is 0 Å². The predicted molar refractivity (Wildman–Crippen MR) is 115 cm³/mol. The molecule has 1 aliphatic rings. The van der Waals surface area contributed by atoms with Crippen LogP contribution in [0.25, 0.3) is 22.6 Å². The van der Waals surface area contributed by atoms with Gasteiger partial charge in [-0.25, -0.2) is 10.0 Å². The van der Waals surface area contributed by atoms with Crippen molar-refractivity contribution in [3.05, 3.63) is 70.9 Å². The van der Waals surface area contributed by atoms with Gasteiger partial charge in [0.05, 0.1) is 31.0 Å². The van der Waals surface area contributed by atoms with Gasteiger partial charge in [-0.2, -0.15) is 0 Å². The summed E-state index contributed by atoms with van der Waals surface area (Å²) in [6.07, 6.45) is 4.89. The average molecular weight is 388 g/mol. The summed E-state index contributed by atoms with van der Waals surface area (Å²) < 4.78 is 5.25. The van der Waals surface area contributed by atoms with Crippen LogP contribution >= 0.6 is 0 Å². The molecule has 1 heterocycles. The third kappa shape index (κ3) is 3.61. The van der Waals surface area contributed by atoms with Gasteiger partial charge in [0, 0.05) is 12.4 Å². The Kier molecular flexibility index (Phi) is 5.32. The molecule has 0 saturated carbocycles. The first-order valence-corrected chi connectivity index (χ1v) is 9.71. The standard InChI is InChI=1S/C24H24N2O3/c1-26(29-3)24(27)22-19-8-4-5-10-21(19)25-23-17(7-6-9-20(22)23)15-16-11-13-18(28-2)14-12-16/h4-5,8,10-15H,6-7,9H2,1-3H3/b17-15+. The van der Waals surface area contributed by atoms with Gasteiger partial charge >= 0.3 is 0 Å². The average Bonchev–Trinajstić information content (AvgIpc) is 2.77. The minimum absolute atomic E-state index is 0.145. The van der Waals surface area contributed by atoms with Gasteiger partial charge in [0.2, 0.25) is 0 Å². The van der Waals surface area contributed by atoms with Crippen LogP contribution < -0.4 is 4.74 Å².